The highest BCUT2D eigenvalue weighted by Crippen LogP contribution is 2.29. The van der Waals surface area contributed by atoms with Crippen LogP contribution >= 0.6 is 0 Å². The Morgan fingerprint density at radius 1 is 0.571 bits per heavy atom. The number of anilines is 4. The average molecular weight is 462 g/mol. The Morgan fingerprint density at radius 2 is 0.971 bits per heavy atom. The van der Waals surface area contributed by atoms with Crippen molar-refractivity contribution in [2.75, 3.05) is 22.1 Å². The van der Waals surface area contributed by atoms with Crippen molar-refractivity contribution in [2.45, 2.75) is 0 Å². The molecule has 0 aliphatic rings. The van der Waals surface area contributed by atoms with E-state index in [0.29, 0.717) is 22.8 Å². The van der Waals surface area contributed by atoms with Gasteiger partial charge in [0, 0.05) is 57.0 Å². The molecule has 4 aromatic carbocycles. The summed E-state index contributed by atoms with van der Waals surface area (Å²) in [6, 6.07) is 27.2. The normalized spacial score (nSPS) is 12.2. The Morgan fingerprint density at radius 3 is 1.37 bits per heavy atom. The molecule has 5 aromatic rings. The molecule has 0 bridgehead atoms. The van der Waals surface area contributed by atoms with Crippen LogP contribution in [0.3, 0.4) is 0 Å². The van der Waals surface area contributed by atoms with E-state index in [2.05, 4.69) is 27.8 Å². The van der Waals surface area contributed by atoms with Gasteiger partial charge in [-0.05, 0) is 83.9 Å². The van der Waals surface area contributed by atoms with Gasteiger partial charge in [-0.2, -0.15) is 0 Å². The summed E-state index contributed by atoms with van der Waals surface area (Å²) in [6.45, 7) is 0. The molecule has 0 atom stereocenters. The molecule has 7 nitrogen and oxygen atoms in total. The van der Waals surface area contributed by atoms with Crippen LogP contribution in [0.1, 0.15) is 11.1 Å². The maximum Gasteiger partial charge on any atom is 0.0550 e. The Labute approximate surface area is 203 Å². The molecule has 1 heterocycles. The number of nitrogens with two attached hydrogens (primary N) is 4. The van der Waals surface area contributed by atoms with E-state index in [4.69, 9.17) is 22.9 Å². The number of hydrogen-bond donors (Lipinski definition) is 7. The molecule has 174 valence electrons. The second-order valence-corrected chi connectivity index (χ2v) is 8.38. The molecule has 0 radical (unpaired) electrons. The second-order valence-electron chi connectivity index (χ2n) is 8.38. The zero-order valence-corrected chi connectivity index (χ0v) is 19.0. The fourth-order valence-electron chi connectivity index (χ4n) is 3.90. The van der Waals surface area contributed by atoms with E-state index < -0.39 is 0 Å². The Hall–Kier alpha value is -5.04. The zero-order chi connectivity index (χ0) is 24.4. The third-order valence-electron chi connectivity index (χ3n) is 5.88. The van der Waals surface area contributed by atoms with Crippen LogP contribution in [-0.2, 0) is 0 Å². The minimum absolute atomic E-state index is 0.626. The number of hydrogen-bond acceptors (Lipinski definition) is 6. The maximum absolute atomic E-state index is 6.38. The molecule has 11 N–H and O–H groups in total. The number of H-pyrrole nitrogens is 1. The highest BCUT2D eigenvalue weighted by molar-refractivity contribution is 6.08. The molecule has 0 unspecified atom stereocenters. The topological polar surface area (TPSA) is 144 Å². The van der Waals surface area contributed by atoms with Gasteiger partial charge >= 0.3 is 0 Å². The van der Waals surface area contributed by atoms with Crippen LogP contribution in [0.15, 0.2) is 97.3 Å². The van der Waals surface area contributed by atoms with Crippen molar-refractivity contribution in [1.82, 2.24) is 4.98 Å². The summed E-state index contributed by atoms with van der Waals surface area (Å²) in [6.07, 6.45) is 3.58. The van der Waals surface area contributed by atoms with Crippen LogP contribution in [0.5, 0.6) is 0 Å². The van der Waals surface area contributed by atoms with E-state index in [1.54, 1.807) is 12.4 Å². The average Bonchev–Trinajstić information content (AvgIpc) is 3.25. The van der Waals surface area contributed by atoms with Crippen LogP contribution < -0.4 is 33.6 Å². The summed E-state index contributed by atoms with van der Waals surface area (Å²) >= 11 is 0. The smallest absolute Gasteiger partial charge is 0.0550 e. The van der Waals surface area contributed by atoms with Gasteiger partial charge < -0.3 is 38.6 Å². The molecular weight excluding hydrogens is 434 g/mol. The van der Waals surface area contributed by atoms with Gasteiger partial charge in [0.15, 0.2) is 0 Å². The van der Waals surface area contributed by atoms with Gasteiger partial charge in [0.25, 0.3) is 0 Å². The van der Waals surface area contributed by atoms with Gasteiger partial charge in [-0.25, -0.2) is 0 Å². The van der Waals surface area contributed by atoms with E-state index in [-0.39, 0.29) is 0 Å². The highest BCUT2D eigenvalue weighted by atomic mass is 14.9. The van der Waals surface area contributed by atoms with Crippen molar-refractivity contribution < 1.29 is 0 Å². The molecule has 0 saturated heterocycles. The third-order valence-corrected chi connectivity index (χ3v) is 5.88. The number of aromatic nitrogens is 1. The van der Waals surface area contributed by atoms with Gasteiger partial charge in [0.1, 0.15) is 0 Å². The predicted molar refractivity (Wildman–Crippen MR) is 149 cm³/mol. The van der Waals surface area contributed by atoms with Crippen LogP contribution in [0.2, 0.25) is 0 Å². The molecule has 5 rings (SSSR count). The first-order valence-electron chi connectivity index (χ1n) is 11.2. The summed E-state index contributed by atoms with van der Waals surface area (Å²) in [5, 5.41) is 8.57. The molecule has 0 aliphatic carbocycles. The first-order valence-corrected chi connectivity index (χ1v) is 11.2. The fourth-order valence-corrected chi connectivity index (χ4v) is 3.90. The van der Waals surface area contributed by atoms with Crippen LogP contribution in [-0.4, -0.2) is 4.98 Å². The van der Waals surface area contributed by atoms with E-state index in [9.17, 15) is 0 Å². The standard InChI is InChI=1S/C28H27N7/c29-19-3-7-21(8-4-19)33-15-25(31)17-1-11-27-23(13-17)24-14-18(2-12-28(24)35-27)26(32)16-34-22-9-5-20(30)6-10-22/h1-16,33-35H,29-32H2/b25-15-,26-16-. The quantitative estimate of drug-likeness (QED) is 0.173. The van der Waals surface area contributed by atoms with Crippen molar-refractivity contribution in [3.05, 3.63) is 108 Å². The molecule has 0 spiro atoms. The van der Waals surface area contributed by atoms with E-state index >= 15 is 0 Å². The van der Waals surface area contributed by atoms with Gasteiger partial charge in [0.2, 0.25) is 0 Å². The van der Waals surface area contributed by atoms with Crippen molar-refractivity contribution in [3.63, 3.8) is 0 Å². The highest BCUT2D eigenvalue weighted by Gasteiger charge is 2.08. The monoisotopic (exact) mass is 461 g/mol. The van der Waals surface area contributed by atoms with Crippen molar-refractivity contribution >= 4 is 55.9 Å². The lowest BCUT2D eigenvalue weighted by Crippen LogP contribution is -2.00. The second kappa shape index (κ2) is 9.07. The first kappa shape index (κ1) is 21.8. The van der Waals surface area contributed by atoms with Gasteiger partial charge in [-0.15, -0.1) is 0 Å². The van der Waals surface area contributed by atoms with Crippen LogP contribution in [0.25, 0.3) is 33.2 Å². The van der Waals surface area contributed by atoms with Crippen molar-refractivity contribution in [1.29, 1.82) is 0 Å². The fraction of sp³-hybridized carbons (Fsp3) is 0. The van der Waals surface area contributed by atoms with Gasteiger partial charge in [0.05, 0.1) is 11.4 Å². The van der Waals surface area contributed by atoms with E-state index in [1.807, 2.05) is 72.8 Å². The SMILES string of the molecule is N/C(=C\Nc1ccc(N)cc1)c1ccc2[nH]c3ccc(/C(N)=C/Nc4ccc(N)cc4)cc3c2c1. The number of benzene rings is 4. The molecule has 1 aromatic heterocycles. The molecule has 0 fully saturated rings. The Balaban J connectivity index is 1.43. The lowest BCUT2D eigenvalue weighted by Gasteiger charge is -2.06. The van der Waals surface area contributed by atoms with Crippen LogP contribution in [0.4, 0.5) is 22.7 Å². The number of nitrogen functional groups attached to an aromatic ring is 2. The molecular formula is C28H27N7. The summed E-state index contributed by atoms with van der Waals surface area (Å²) in [4.78, 5) is 3.46. The lowest BCUT2D eigenvalue weighted by molar-refractivity contribution is 1.48. The number of fused-ring (bicyclic) bond motifs is 3. The largest absolute Gasteiger partial charge is 0.399 e. The number of nitrogens with one attached hydrogen (secondary N) is 3. The van der Waals surface area contributed by atoms with E-state index in [0.717, 1.165) is 44.3 Å². The van der Waals surface area contributed by atoms with E-state index in [1.165, 1.54) is 0 Å². The summed E-state index contributed by atoms with van der Waals surface area (Å²) < 4.78 is 0. The Kier molecular flexibility index (Phi) is 5.65. The first-order chi connectivity index (χ1) is 17.0. The molecule has 35 heavy (non-hydrogen) atoms. The lowest BCUT2D eigenvalue weighted by atomic mass is 10.0. The minimum atomic E-state index is 0.626. The maximum atomic E-state index is 6.38. The zero-order valence-electron chi connectivity index (χ0n) is 19.0. The van der Waals surface area contributed by atoms with Crippen LogP contribution in [0, 0.1) is 0 Å². The van der Waals surface area contributed by atoms with Gasteiger partial charge in [-0.3, -0.25) is 0 Å². The van der Waals surface area contributed by atoms with Gasteiger partial charge in [-0.1, -0.05) is 12.1 Å². The minimum Gasteiger partial charge on any atom is -0.399 e. The number of rotatable bonds is 6. The Bertz CT molecular complexity index is 1440. The summed E-state index contributed by atoms with van der Waals surface area (Å²) in [7, 11) is 0. The molecule has 0 amide bonds. The molecule has 0 saturated carbocycles. The summed E-state index contributed by atoms with van der Waals surface area (Å²) in [5.41, 5.74) is 32.7. The molecule has 7 heteroatoms. The third kappa shape index (κ3) is 4.69. The van der Waals surface area contributed by atoms with Crippen molar-refractivity contribution in [2.24, 2.45) is 11.5 Å². The number of aromatic amines is 1. The predicted octanol–water partition coefficient (Wildman–Crippen LogP) is 5.22. The summed E-state index contributed by atoms with van der Waals surface area (Å²) in [5.74, 6) is 0. The van der Waals surface area contributed by atoms with Crippen molar-refractivity contribution in [3.8, 4) is 0 Å². The molecule has 0 aliphatic heterocycles.